The molecule has 4 rings (SSSR count). The smallest absolute Gasteiger partial charge is 0.251 e. The maximum Gasteiger partial charge on any atom is 0.251 e. The average molecular weight is 361 g/mol. The molecule has 1 unspecified atom stereocenters. The van der Waals surface area contributed by atoms with Gasteiger partial charge in [0.25, 0.3) is 5.91 Å². The molecule has 1 amide bonds. The van der Waals surface area contributed by atoms with Gasteiger partial charge in [0.1, 0.15) is 0 Å². The molecular weight excluding hydrogens is 334 g/mol. The molecule has 0 saturated heterocycles. The van der Waals surface area contributed by atoms with Gasteiger partial charge in [0.2, 0.25) is 0 Å². The largest absolute Gasteiger partial charge is 0.358 e. The summed E-state index contributed by atoms with van der Waals surface area (Å²) in [5, 5.41) is 4.25. The minimum Gasteiger partial charge on any atom is -0.358 e. The Kier molecular flexibility index (Phi) is 4.75. The molecule has 1 aromatic heterocycles. The number of H-pyrrole nitrogens is 1. The number of nitrogens with one attached hydrogen (secondary N) is 2. The van der Waals surface area contributed by atoms with E-state index in [2.05, 4.69) is 60.2 Å². The van der Waals surface area contributed by atoms with Crippen molar-refractivity contribution in [3.63, 3.8) is 0 Å². The molecule has 0 aliphatic carbocycles. The molecule has 140 valence electrons. The van der Waals surface area contributed by atoms with Gasteiger partial charge in [-0.2, -0.15) is 0 Å². The van der Waals surface area contributed by atoms with Crippen molar-refractivity contribution in [2.24, 2.45) is 0 Å². The molecule has 0 saturated carbocycles. The number of hydrogen-bond donors (Lipinski definition) is 2. The number of aromatic amines is 1. The van der Waals surface area contributed by atoms with Gasteiger partial charge in [-0.05, 0) is 62.1 Å². The van der Waals surface area contributed by atoms with E-state index in [0.29, 0.717) is 12.6 Å². The number of fused-ring (bicyclic) bond motifs is 2. The van der Waals surface area contributed by atoms with Gasteiger partial charge in [0, 0.05) is 47.8 Å². The van der Waals surface area contributed by atoms with Gasteiger partial charge in [-0.3, -0.25) is 9.69 Å². The highest BCUT2D eigenvalue weighted by molar-refractivity contribution is 5.99. The predicted octanol–water partition coefficient (Wildman–Crippen LogP) is 3.96. The van der Waals surface area contributed by atoms with Gasteiger partial charge in [-0.1, -0.05) is 24.3 Å². The van der Waals surface area contributed by atoms with Gasteiger partial charge >= 0.3 is 0 Å². The van der Waals surface area contributed by atoms with Crippen LogP contribution < -0.4 is 5.32 Å². The van der Waals surface area contributed by atoms with E-state index < -0.39 is 0 Å². The highest BCUT2D eigenvalue weighted by Crippen LogP contribution is 2.23. The molecule has 0 bridgehead atoms. The van der Waals surface area contributed by atoms with Gasteiger partial charge < -0.3 is 10.3 Å². The number of aryl methyl sites for hydroxylation is 2. The second-order valence-electron chi connectivity index (χ2n) is 7.68. The molecule has 3 aromatic rings. The van der Waals surface area contributed by atoms with E-state index in [1.54, 1.807) is 0 Å². The van der Waals surface area contributed by atoms with Crippen LogP contribution in [0.5, 0.6) is 0 Å². The summed E-state index contributed by atoms with van der Waals surface area (Å²) < 4.78 is 0. The lowest BCUT2D eigenvalue weighted by atomic mass is 9.99. The van der Waals surface area contributed by atoms with Crippen LogP contribution in [0.4, 0.5) is 0 Å². The Morgan fingerprint density at radius 3 is 2.78 bits per heavy atom. The Labute approximate surface area is 160 Å². The molecule has 1 aliphatic rings. The first-order valence-electron chi connectivity index (χ1n) is 9.71. The van der Waals surface area contributed by atoms with E-state index >= 15 is 0 Å². The number of carbonyl (C=O) groups excluding carboxylic acids is 1. The summed E-state index contributed by atoms with van der Waals surface area (Å²) in [7, 11) is 0. The Hall–Kier alpha value is -2.59. The summed E-state index contributed by atoms with van der Waals surface area (Å²) in [6, 6.07) is 14.8. The van der Waals surface area contributed by atoms with E-state index in [9.17, 15) is 4.79 Å². The summed E-state index contributed by atoms with van der Waals surface area (Å²) in [4.78, 5) is 18.5. The van der Waals surface area contributed by atoms with Crippen LogP contribution in [0.3, 0.4) is 0 Å². The zero-order valence-electron chi connectivity index (χ0n) is 16.3. The molecule has 0 spiro atoms. The molecule has 0 fully saturated rings. The number of rotatable bonds is 4. The van der Waals surface area contributed by atoms with E-state index in [-0.39, 0.29) is 5.91 Å². The third-order valence-corrected chi connectivity index (χ3v) is 5.91. The summed E-state index contributed by atoms with van der Waals surface area (Å²) >= 11 is 0. The third-order valence-electron chi connectivity index (χ3n) is 5.91. The van der Waals surface area contributed by atoms with Crippen LogP contribution in [-0.4, -0.2) is 34.9 Å². The van der Waals surface area contributed by atoms with E-state index in [1.165, 1.54) is 16.7 Å². The number of hydrogen-bond acceptors (Lipinski definition) is 2. The van der Waals surface area contributed by atoms with Crippen LogP contribution in [0, 0.1) is 13.8 Å². The first-order valence-corrected chi connectivity index (χ1v) is 9.71. The van der Waals surface area contributed by atoms with Crippen LogP contribution in [0.1, 0.15) is 39.7 Å². The summed E-state index contributed by atoms with van der Waals surface area (Å²) in [6.45, 7) is 9.00. The lowest BCUT2D eigenvalue weighted by Crippen LogP contribution is -2.44. The molecule has 0 radical (unpaired) electrons. The zero-order valence-corrected chi connectivity index (χ0v) is 16.3. The van der Waals surface area contributed by atoms with Crippen molar-refractivity contribution in [3.8, 4) is 0 Å². The topological polar surface area (TPSA) is 48.1 Å². The summed E-state index contributed by atoms with van der Waals surface area (Å²) in [5.41, 5.74) is 7.03. The normalized spacial score (nSPS) is 15.5. The van der Waals surface area contributed by atoms with Crippen molar-refractivity contribution in [1.29, 1.82) is 0 Å². The van der Waals surface area contributed by atoms with Crippen LogP contribution in [0.25, 0.3) is 10.9 Å². The summed E-state index contributed by atoms with van der Waals surface area (Å²) in [6.07, 6.45) is 1.08. The highest BCUT2D eigenvalue weighted by atomic mass is 16.1. The van der Waals surface area contributed by atoms with Crippen LogP contribution in [-0.2, 0) is 13.0 Å². The van der Waals surface area contributed by atoms with Crippen molar-refractivity contribution < 1.29 is 4.79 Å². The van der Waals surface area contributed by atoms with Gasteiger partial charge in [-0.15, -0.1) is 0 Å². The number of aromatic nitrogens is 1. The Morgan fingerprint density at radius 1 is 1.19 bits per heavy atom. The number of benzene rings is 2. The van der Waals surface area contributed by atoms with Crippen molar-refractivity contribution >= 4 is 16.8 Å². The second kappa shape index (κ2) is 7.20. The van der Waals surface area contributed by atoms with Crippen molar-refractivity contribution in [2.45, 2.75) is 39.8 Å². The van der Waals surface area contributed by atoms with Crippen molar-refractivity contribution in [3.05, 3.63) is 70.4 Å². The van der Waals surface area contributed by atoms with Crippen molar-refractivity contribution in [1.82, 2.24) is 15.2 Å². The third kappa shape index (κ3) is 3.50. The molecule has 27 heavy (non-hydrogen) atoms. The Bertz CT molecular complexity index is 988. The molecular formula is C23H27N3O. The molecule has 2 aromatic carbocycles. The highest BCUT2D eigenvalue weighted by Gasteiger charge is 2.21. The fourth-order valence-electron chi connectivity index (χ4n) is 3.97. The van der Waals surface area contributed by atoms with Crippen LogP contribution in [0.2, 0.25) is 0 Å². The molecule has 1 atom stereocenters. The predicted molar refractivity (Wildman–Crippen MR) is 110 cm³/mol. The van der Waals surface area contributed by atoms with Crippen LogP contribution in [0.15, 0.2) is 42.5 Å². The minimum absolute atomic E-state index is 0.000544. The molecule has 2 N–H and O–H groups in total. The molecule has 1 aliphatic heterocycles. The number of nitrogens with zero attached hydrogens (tertiary/aromatic N) is 1. The quantitative estimate of drug-likeness (QED) is 0.739. The lowest BCUT2D eigenvalue weighted by molar-refractivity contribution is 0.0932. The molecule has 2 heterocycles. The maximum atomic E-state index is 12.7. The van der Waals surface area contributed by atoms with Gasteiger partial charge in [0.05, 0.1) is 0 Å². The van der Waals surface area contributed by atoms with Crippen LogP contribution >= 0.6 is 0 Å². The van der Waals surface area contributed by atoms with E-state index in [1.807, 2.05) is 18.2 Å². The minimum atomic E-state index is -0.000544. The Balaban J connectivity index is 1.40. The standard InChI is InChI=1S/C23H27N3O/c1-15(26-11-10-18-6-4-5-7-20(18)14-26)13-24-23(27)19-8-9-22-21(12-19)16(2)17(3)25-22/h4-9,12,15,25H,10-11,13-14H2,1-3H3,(H,24,27). The first-order chi connectivity index (χ1) is 13.0. The summed E-state index contributed by atoms with van der Waals surface area (Å²) in [5.74, 6) is -0.000544. The SMILES string of the molecule is Cc1[nH]c2ccc(C(=O)NCC(C)N3CCc4ccccc4C3)cc2c1C. The fraction of sp³-hybridized carbons (Fsp3) is 0.348. The zero-order chi connectivity index (χ0) is 19.0. The first kappa shape index (κ1) is 17.8. The van der Waals surface area contributed by atoms with E-state index in [0.717, 1.165) is 41.7 Å². The van der Waals surface area contributed by atoms with Crippen molar-refractivity contribution in [2.75, 3.05) is 13.1 Å². The maximum absolute atomic E-state index is 12.7. The number of amides is 1. The second-order valence-corrected chi connectivity index (χ2v) is 7.68. The number of carbonyl (C=O) groups is 1. The average Bonchev–Trinajstić information content (AvgIpc) is 2.98. The Morgan fingerprint density at radius 2 is 1.96 bits per heavy atom. The monoisotopic (exact) mass is 361 g/mol. The van der Waals surface area contributed by atoms with Gasteiger partial charge in [0.15, 0.2) is 0 Å². The molecule has 4 heteroatoms. The lowest BCUT2D eigenvalue weighted by Gasteiger charge is -2.33. The van der Waals surface area contributed by atoms with E-state index in [4.69, 9.17) is 0 Å². The fourth-order valence-corrected chi connectivity index (χ4v) is 3.97. The molecule has 4 nitrogen and oxygen atoms in total. The van der Waals surface area contributed by atoms with Gasteiger partial charge in [-0.25, -0.2) is 0 Å².